The SMILES string of the molecule is CO[C@]1(COc2ccc(F)cc2)CCN(Cc2cn[nH]c2C)C1. The fourth-order valence-electron chi connectivity index (χ4n) is 2.93. The Bertz CT molecular complexity index is 644. The van der Waals surface area contributed by atoms with Crippen LogP contribution in [0.3, 0.4) is 0 Å². The first kappa shape index (κ1) is 16.0. The van der Waals surface area contributed by atoms with Crippen LogP contribution in [0.2, 0.25) is 0 Å². The van der Waals surface area contributed by atoms with Gasteiger partial charge in [0.25, 0.3) is 0 Å². The Morgan fingerprint density at radius 3 is 2.78 bits per heavy atom. The zero-order valence-corrected chi connectivity index (χ0v) is 13.5. The minimum Gasteiger partial charge on any atom is -0.491 e. The molecule has 1 saturated heterocycles. The number of halogens is 1. The van der Waals surface area contributed by atoms with Gasteiger partial charge < -0.3 is 9.47 Å². The van der Waals surface area contributed by atoms with E-state index in [1.165, 1.54) is 17.7 Å². The lowest BCUT2D eigenvalue weighted by Gasteiger charge is -2.28. The molecule has 1 fully saturated rings. The Balaban J connectivity index is 1.58. The van der Waals surface area contributed by atoms with Gasteiger partial charge in [-0.3, -0.25) is 10.00 Å². The molecule has 1 aromatic carbocycles. The zero-order valence-electron chi connectivity index (χ0n) is 13.5. The third-order valence-corrected chi connectivity index (χ3v) is 4.47. The average molecular weight is 319 g/mol. The van der Waals surface area contributed by atoms with Gasteiger partial charge in [-0.2, -0.15) is 5.10 Å². The number of hydrogen-bond acceptors (Lipinski definition) is 4. The van der Waals surface area contributed by atoms with Gasteiger partial charge in [0.05, 0.1) is 6.20 Å². The van der Waals surface area contributed by atoms with Crippen molar-refractivity contribution in [3.05, 3.63) is 47.5 Å². The summed E-state index contributed by atoms with van der Waals surface area (Å²) in [6, 6.07) is 6.08. The molecule has 1 atom stereocenters. The molecule has 2 aromatic rings. The van der Waals surface area contributed by atoms with E-state index in [0.717, 1.165) is 31.7 Å². The summed E-state index contributed by atoms with van der Waals surface area (Å²) >= 11 is 0. The van der Waals surface area contributed by atoms with Crippen LogP contribution in [0.4, 0.5) is 4.39 Å². The molecule has 1 N–H and O–H groups in total. The normalized spacial score (nSPS) is 21.7. The van der Waals surface area contributed by atoms with Crippen molar-refractivity contribution in [2.45, 2.75) is 25.5 Å². The molecule has 1 aliphatic rings. The molecule has 1 aliphatic heterocycles. The van der Waals surface area contributed by atoms with E-state index in [9.17, 15) is 4.39 Å². The van der Waals surface area contributed by atoms with Crippen LogP contribution >= 0.6 is 0 Å². The highest BCUT2D eigenvalue weighted by Crippen LogP contribution is 2.27. The number of benzene rings is 1. The number of rotatable bonds is 6. The largest absolute Gasteiger partial charge is 0.491 e. The van der Waals surface area contributed by atoms with E-state index < -0.39 is 0 Å². The highest BCUT2D eigenvalue weighted by molar-refractivity contribution is 5.22. The molecule has 3 rings (SSSR count). The summed E-state index contributed by atoms with van der Waals surface area (Å²) in [4.78, 5) is 2.34. The Morgan fingerprint density at radius 1 is 1.35 bits per heavy atom. The van der Waals surface area contributed by atoms with E-state index in [0.29, 0.717) is 12.4 Å². The van der Waals surface area contributed by atoms with Crippen LogP contribution in [0, 0.1) is 12.7 Å². The molecular formula is C17H22FN3O2. The van der Waals surface area contributed by atoms with Crippen LogP contribution < -0.4 is 4.74 Å². The quantitative estimate of drug-likeness (QED) is 0.889. The molecule has 2 heterocycles. The molecule has 0 amide bonds. The van der Waals surface area contributed by atoms with E-state index in [4.69, 9.17) is 9.47 Å². The first-order chi connectivity index (χ1) is 11.1. The molecule has 0 bridgehead atoms. The lowest BCUT2D eigenvalue weighted by molar-refractivity contribution is -0.0359. The zero-order chi connectivity index (χ0) is 16.3. The van der Waals surface area contributed by atoms with E-state index in [1.54, 1.807) is 19.2 Å². The van der Waals surface area contributed by atoms with Crippen LogP contribution in [-0.4, -0.2) is 47.5 Å². The van der Waals surface area contributed by atoms with Crippen LogP contribution in [0.5, 0.6) is 5.75 Å². The van der Waals surface area contributed by atoms with Crippen LogP contribution in [0.25, 0.3) is 0 Å². The van der Waals surface area contributed by atoms with Gasteiger partial charge >= 0.3 is 0 Å². The minimum atomic E-state index is -0.327. The van der Waals surface area contributed by atoms with Crippen molar-refractivity contribution in [2.24, 2.45) is 0 Å². The lowest BCUT2D eigenvalue weighted by atomic mass is 10.0. The summed E-state index contributed by atoms with van der Waals surface area (Å²) in [7, 11) is 1.72. The van der Waals surface area contributed by atoms with E-state index >= 15 is 0 Å². The summed E-state index contributed by atoms with van der Waals surface area (Å²) in [5.74, 6) is 0.397. The first-order valence-electron chi connectivity index (χ1n) is 7.75. The van der Waals surface area contributed by atoms with Crippen LogP contribution in [-0.2, 0) is 11.3 Å². The van der Waals surface area contributed by atoms with Crippen molar-refractivity contribution in [3.8, 4) is 5.75 Å². The van der Waals surface area contributed by atoms with Gasteiger partial charge in [0, 0.05) is 38.0 Å². The second kappa shape index (κ2) is 6.68. The summed E-state index contributed by atoms with van der Waals surface area (Å²) in [5.41, 5.74) is 1.98. The molecule has 124 valence electrons. The van der Waals surface area contributed by atoms with Crippen molar-refractivity contribution in [2.75, 3.05) is 26.8 Å². The van der Waals surface area contributed by atoms with Crippen molar-refractivity contribution in [1.82, 2.24) is 15.1 Å². The van der Waals surface area contributed by atoms with Crippen LogP contribution in [0.1, 0.15) is 17.7 Å². The summed E-state index contributed by atoms with van der Waals surface area (Å²) in [6.07, 6.45) is 2.78. The summed E-state index contributed by atoms with van der Waals surface area (Å²) in [6.45, 7) is 5.08. The van der Waals surface area contributed by atoms with Gasteiger partial charge in [-0.05, 0) is 37.6 Å². The second-order valence-electron chi connectivity index (χ2n) is 6.11. The number of ether oxygens (including phenoxy) is 2. The predicted molar refractivity (Wildman–Crippen MR) is 84.9 cm³/mol. The highest BCUT2D eigenvalue weighted by atomic mass is 19.1. The molecule has 1 aromatic heterocycles. The first-order valence-corrected chi connectivity index (χ1v) is 7.75. The Hall–Kier alpha value is -1.92. The fourth-order valence-corrected chi connectivity index (χ4v) is 2.93. The summed E-state index contributed by atoms with van der Waals surface area (Å²) < 4.78 is 24.5. The van der Waals surface area contributed by atoms with Gasteiger partial charge in [-0.25, -0.2) is 4.39 Å². The number of aryl methyl sites for hydroxylation is 1. The molecule has 0 aliphatic carbocycles. The maximum Gasteiger partial charge on any atom is 0.123 e. The number of aromatic amines is 1. The third-order valence-electron chi connectivity index (χ3n) is 4.47. The Morgan fingerprint density at radius 2 is 2.13 bits per heavy atom. The Labute approximate surface area is 135 Å². The monoisotopic (exact) mass is 319 g/mol. The third kappa shape index (κ3) is 3.71. The number of aromatic nitrogens is 2. The van der Waals surface area contributed by atoms with Crippen molar-refractivity contribution >= 4 is 0 Å². The number of likely N-dealkylation sites (tertiary alicyclic amines) is 1. The van der Waals surface area contributed by atoms with Gasteiger partial charge in [0.2, 0.25) is 0 Å². The van der Waals surface area contributed by atoms with Gasteiger partial charge in [-0.15, -0.1) is 0 Å². The number of hydrogen-bond donors (Lipinski definition) is 1. The van der Waals surface area contributed by atoms with Crippen molar-refractivity contribution < 1.29 is 13.9 Å². The molecule has 5 nitrogen and oxygen atoms in total. The van der Waals surface area contributed by atoms with Gasteiger partial charge in [0.15, 0.2) is 0 Å². The summed E-state index contributed by atoms with van der Waals surface area (Å²) in [5, 5.41) is 7.03. The van der Waals surface area contributed by atoms with Crippen molar-refractivity contribution in [1.29, 1.82) is 0 Å². The van der Waals surface area contributed by atoms with E-state index in [-0.39, 0.29) is 11.4 Å². The average Bonchev–Trinajstić information content (AvgIpc) is 3.15. The number of nitrogens with one attached hydrogen (secondary N) is 1. The molecule has 0 radical (unpaired) electrons. The second-order valence-corrected chi connectivity index (χ2v) is 6.11. The molecule has 0 unspecified atom stereocenters. The van der Waals surface area contributed by atoms with Crippen molar-refractivity contribution in [3.63, 3.8) is 0 Å². The van der Waals surface area contributed by atoms with E-state index in [2.05, 4.69) is 15.1 Å². The van der Waals surface area contributed by atoms with Crippen LogP contribution in [0.15, 0.2) is 30.5 Å². The fraction of sp³-hybridized carbons (Fsp3) is 0.471. The number of methoxy groups -OCH3 is 1. The van der Waals surface area contributed by atoms with Gasteiger partial charge in [0.1, 0.15) is 23.8 Å². The minimum absolute atomic E-state index is 0.263. The highest BCUT2D eigenvalue weighted by Gasteiger charge is 2.39. The van der Waals surface area contributed by atoms with E-state index in [1.807, 2.05) is 13.1 Å². The number of nitrogens with zero attached hydrogens (tertiary/aromatic N) is 2. The Kier molecular flexibility index (Phi) is 4.63. The maximum absolute atomic E-state index is 12.9. The molecule has 0 spiro atoms. The number of H-pyrrole nitrogens is 1. The lowest BCUT2D eigenvalue weighted by Crippen LogP contribution is -2.41. The standard InChI is InChI=1S/C17H22FN3O2/c1-13-14(9-19-20-13)10-21-8-7-17(11-21,22-2)12-23-16-5-3-15(18)4-6-16/h3-6,9H,7-8,10-12H2,1-2H3,(H,19,20)/t17-/m1/s1. The molecular weight excluding hydrogens is 297 g/mol. The molecule has 23 heavy (non-hydrogen) atoms. The molecule has 6 heteroatoms. The maximum atomic E-state index is 12.9. The van der Waals surface area contributed by atoms with Gasteiger partial charge in [-0.1, -0.05) is 0 Å². The molecule has 0 saturated carbocycles. The predicted octanol–water partition coefficient (Wildman–Crippen LogP) is 2.53. The topological polar surface area (TPSA) is 50.4 Å². The smallest absolute Gasteiger partial charge is 0.123 e.